The average molecular weight is 205 g/mol. The highest BCUT2D eigenvalue weighted by molar-refractivity contribution is 5.41. The molecule has 1 nitrogen and oxygen atoms in total. The topological polar surface area (TPSA) is 12.0 Å². The van der Waals surface area contributed by atoms with E-state index in [1.165, 1.54) is 11.3 Å². The van der Waals surface area contributed by atoms with E-state index in [2.05, 4.69) is 65.6 Å². The van der Waals surface area contributed by atoms with Gasteiger partial charge in [-0.3, -0.25) is 0 Å². The van der Waals surface area contributed by atoms with Crippen LogP contribution in [0.3, 0.4) is 0 Å². The summed E-state index contributed by atoms with van der Waals surface area (Å²) in [7, 11) is 0. The van der Waals surface area contributed by atoms with Gasteiger partial charge in [0, 0.05) is 16.8 Å². The van der Waals surface area contributed by atoms with Crippen LogP contribution in [-0.4, -0.2) is 0 Å². The SMILES string of the molecule is C=C1C=C(C(C)(C)C)C=C(C(C)(C)C)N1. The summed E-state index contributed by atoms with van der Waals surface area (Å²) in [6.45, 7) is 17.3. The fraction of sp³-hybridized carbons (Fsp3) is 0.571. The van der Waals surface area contributed by atoms with Crippen molar-refractivity contribution in [3.05, 3.63) is 35.7 Å². The van der Waals surface area contributed by atoms with Crippen LogP contribution in [0.15, 0.2) is 35.7 Å². The fourth-order valence-corrected chi connectivity index (χ4v) is 1.47. The lowest BCUT2D eigenvalue weighted by atomic mass is 9.80. The second-order valence-electron chi connectivity index (χ2n) is 6.31. The molecule has 15 heavy (non-hydrogen) atoms. The normalized spacial score (nSPS) is 18.1. The maximum absolute atomic E-state index is 4.01. The summed E-state index contributed by atoms with van der Waals surface area (Å²) in [5.74, 6) is 0. The highest BCUT2D eigenvalue weighted by atomic mass is 14.9. The first kappa shape index (κ1) is 12.1. The summed E-state index contributed by atoms with van der Waals surface area (Å²) in [5, 5.41) is 3.35. The Hall–Kier alpha value is -0.980. The molecule has 0 unspecified atom stereocenters. The molecule has 1 N–H and O–H groups in total. The fourth-order valence-electron chi connectivity index (χ4n) is 1.47. The molecule has 1 heteroatoms. The summed E-state index contributed by atoms with van der Waals surface area (Å²) < 4.78 is 0. The molecule has 0 saturated carbocycles. The van der Waals surface area contributed by atoms with Crippen LogP contribution >= 0.6 is 0 Å². The van der Waals surface area contributed by atoms with Crippen LogP contribution < -0.4 is 5.32 Å². The van der Waals surface area contributed by atoms with E-state index in [0.29, 0.717) is 0 Å². The third-order valence-corrected chi connectivity index (χ3v) is 2.60. The molecule has 0 aliphatic carbocycles. The third-order valence-electron chi connectivity index (χ3n) is 2.60. The number of allylic oxidation sites excluding steroid dienone is 4. The number of rotatable bonds is 0. The molecule has 0 fully saturated rings. The Morgan fingerprint density at radius 1 is 0.933 bits per heavy atom. The quantitative estimate of drug-likeness (QED) is 0.630. The van der Waals surface area contributed by atoms with Crippen LogP contribution in [-0.2, 0) is 0 Å². The Morgan fingerprint density at radius 3 is 1.87 bits per heavy atom. The first-order valence-corrected chi connectivity index (χ1v) is 5.51. The van der Waals surface area contributed by atoms with Crippen molar-refractivity contribution in [2.75, 3.05) is 0 Å². The van der Waals surface area contributed by atoms with Crippen molar-refractivity contribution in [1.82, 2.24) is 5.32 Å². The molecule has 1 aliphatic heterocycles. The number of hydrogen-bond donors (Lipinski definition) is 1. The minimum Gasteiger partial charge on any atom is -0.359 e. The monoisotopic (exact) mass is 205 g/mol. The molecular formula is C14H23N. The van der Waals surface area contributed by atoms with Crippen molar-refractivity contribution < 1.29 is 0 Å². The van der Waals surface area contributed by atoms with E-state index in [9.17, 15) is 0 Å². The maximum Gasteiger partial charge on any atom is 0.0311 e. The molecule has 0 spiro atoms. The Morgan fingerprint density at radius 2 is 1.47 bits per heavy atom. The lowest BCUT2D eigenvalue weighted by Crippen LogP contribution is -2.27. The molecule has 0 aromatic rings. The first-order valence-electron chi connectivity index (χ1n) is 5.51. The van der Waals surface area contributed by atoms with Gasteiger partial charge in [0.2, 0.25) is 0 Å². The van der Waals surface area contributed by atoms with E-state index in [1.807, 2.05) is 0 Å². The largest absolute Gasteiger partial charge is 0.359 e. The van der Waals surface area contributed by atoms with E-state index in [1.54, 1.807) is 0 Å². The number of nitrogens with one attached hydrogen (secondary N) is 1. The van der Waals surface area contributed by atoms with Crippen LogP contribution in [0.4, 0.5) is 0 Å². The minimum absolute atomic E-state index is 0.147. The molecule has 84 valence electrons. The van der Waals surface area contributed by atoms with Crippen LogP contribution in [0, 0.1) is 10.8 Å². The Kier molecular flexibility index (Phi) is 2.86. The highest BCUT2D eigenvalue weighted by Gasteiger charge is 2.24. The first-order chi connectivity index (χ1) is 6.60. The smallest absolute Gasteiger partial charge is 0.0311 e. The summed E-state index contributed by atoms with van der Waals surface area (Å²) in [6.07, 6.45) is 4.39. The Balaban J connectivity index is 3.11. The van der Waals surface area contributed by atoms with E-state index in [-0.39, 0.29) is 10.8 Å². The molecule has 0 amide bonds. The zero-order valence-corrected chi connectivity index (χ0v) is 10.9. The van der Waals surface area contributed by atoms with Gasteiger partial charge in [0.15, 0.2) is 0 Å². The highest BCUT2D eigenvalue weighted by Crippen LogP contribution is 2.34. The van der Waals surface area contributed by atoms with E-state index in [4.69, 9.17) is 0 Å². The van der Waals surface area contributed by atoms with E-state index >= 15 is 0 Å². The van der Waals surface area contributed by atoms with Gasteiger partial charge in [0.05, 0.1) is 0 Å². The van der Waals surface area contributed by atoms with Gasteiger partial charge in [-0.25, -0.2) is 0 Å². The molecular weight excluding hydrogens is 182 g/mol. The minimum atomic E-state index is 0.147. The van der Waals surface area contributed by atoms with Crippen molar-refractivity contribution in [1.29, 1.82) is 0 Å². The summed E-state index contributed by atoms with van der Waals surface area (Å²) in [5.41, 5.74) is 3.92. The van der Waals surface area contributed by atoms with Crippen molar-refractivity contribution >= 4 is 0 Å². The van der Waals surface area contributed by atoms with E-state index < -0.39 is 0 Å². The van der Waals surface area contributed by atoms with Crippen molar-refractivity contribution in [3.8, 4) is 0 Å². The van der Waals surface area contributed by atoms with Crippen molar-refractivity contribution in [2.45, 2.75) is 41.5 Å². The van der Waals surface area contributed by atoms with Gasteiger partial charge in [-0.2, -0.15) is 0 Å². The average Bonchev–Trinajstić information content (AvgIpc) is 1.99. The molecule has 0 bridgehead atoms. The molecule has 1 rings (SSSR count). The van der Waals surface area contributed by atoms with Gasteiger partial charge >= 0.3 is 0 Å². The van der Waals surface area contributed by atoms with E-state index in [0.717, 1.165) is 5.70 Å². The lowest BCUT2D eigenvalue weighted by molar-refractivity contribution is 0.460. The standard InChI is InChI=1S/C14H23N/c1-10-8-11(13(2,3)4)9-12(15-10)14(5,6)7/h8-9,15H,1H2,2-7H3. The Bertz CT molecular complexity index is 329. The molecule has 0 saturated heterocycles. The van der Waals surface area contributed by atoms with Crippen LogP contribution in [0.25, 0.3) is 0 Å². The van der Waals surface area contributed by atoms with Crippen molar-refractivity contribution in [3.63, 3.8) is 0 Å². The van der Waals surface area contributed by atoms with Crippen LogP contribution in [0.5, 0.6) is 0 Å². The molecule has 0 radical (unpaired) electrons. The molecule has 1 heterocycles. The summed E-state index contributed by atoms with van der Waals surface area (Å²) in [6, 6.07) is 0. The predicted octanol–water partition coefficient (Wildman–Crippen LogP) is 4.01. The lowest BCUT2D eigenvalue weighted by Gasteiger charge is -2.32. The van der Waals surface area contributed by atoms with Crippen LogP contribution in [0.1, 0.15) is 41.5 Å². The Labute approximate surface area is 94.0 Å². The van der Waals surface area contributed by atoms with Gasteiger partial charge < -0.3 is 5.32 Å². The zero-order valence-electron chi connectivity index (χ0n) is 10.9. The van der Waals surface area contributed by atoms with Crippen LogP contribution in [0.2, 0.25) is 0 Å². The molecule has 0 aromatic heterocycles. The number of dihydropyridines is 1. The molecule has 0 atom stereocenters. The van der Waals surface area contributed by atoms with Gasteiger partial charge in [0.25, 0.3) is 0 Å². The summed E-state index contributed by atoms with van der Waals surface area (Å²) >= 11 is 0. The van der Waals surface area contributed by atoms with Gasteiger partial charge in [-0.05, 0) is 23.1 Å². The summed E-state index contributed by atoms with van der Waals surface area (Å²) in [4.78, 5) is 0. The molecule has 1 aliphatic rings. The van der Waals surface area contributed by atoms with Crippen molar-refractivity contribution in [2.24, 2.45) is 10.8 Å². The number of hydrogen-bond acceptors (Lipinski definition) is 1. The molecule has 0 aromatic carbocycles. The van der Waals surface area contributed by atoms with Gasteiger partial charge in [-0.15, -0.1) is 0 Å². The van der Waals surface area contributed by atoms with Gasteiger partial charge in [-0.1, -0.05) is 48.1 Å². The second kappa shape index (κ2) is 3.55. The predicted molar refractivity (Wildman–Crippen MR) is 67.4 cm³/mol. The third kappa shape index (κ3) is 2.98. The second-order valence-corrected chi connectivity index (χ2v) is 6.31. The maximum atomic E-state index is 4.01. The zero-order chi connectivity index (χ0) is 11.9. The van der Waals surface area contributed by atoms with Gasteiger partial charge in [0.1, 0.15) is 0 Å².